The molecule has 2 aromatic heterocycles. The number of aromatic nitrogens is 3. The highest BCUT2D eigenvalue weighted by Gasteiger charge is 2.43. The number of carbonyl (C=O) groups is 3. The summed E-state index contributed by atoms with van der Waals surface area (Å²) in [6.07, 6.45) is 2.15. The molecule has 0 saturated carbocycles. The molecule has 19 heteroatoms. The van der Waals surface area contributed by atoms with Crippen LogP contribution < -0.4 is 10.6 Å². The van der Waals surface area contributed by atoms with E-state index in [0.717, 1.165) is 79.0 Å². The fourth-order valence-corrected chi connectivity index (χ4v) is 12.5. The van der Waals surface area contributed by atoms with E-state index in [1.165, 1.54) is 6.33 Å². The number of halogens is 3. The van der Waals surface area contributed by atoms with Crippen LogP contribution in [0.2, 0.25) is 0 Å². The van der Waals surface area contributed by atoms with Crippen molar-refractivity contribution in [1.29, 1.82) is 0 Å². The van der Waals surface area contributed by atoms with E-state index >= 15 is 0 Å². The first-order valence-electron chi connectivity index (χ1n) is 29.2. The molecule has 0 radical (unpaired) electrons. The SMILES string of the molecule is CC(C)(C)NC(=O)[C@@H]1CN(Cc2cccnc2)CCN1C[C@@H](O)C[C@@H](Cc1ccccc1)C(=O)N[C@H]1c2ccccc2C[C@H]1O.COC[C@@H](c1ccc(C(F)(F)F)cc1)N1CCN(C2(C)CCN(C(=O)c3c(C)ncnc3C)CC2)C[C@@H]1C. The zero-order chi connectivity index (χ0) is 59.6. The number of nitrogens with one attached hydrogen (secondary N) is 2. The summed E-state index contributed by atoms with van der Waals surface area (Å²) in [7, 11) is 1.62. The molecule has 1 aliphatic carbocycles. The molecule has 7 atom stereocenters. The monoisotopic (exact) mass is 1150 g/mol. The first-order chi connectivity index (χ1) is 39.5. The lowest BCUT2D eigenvalue weighted by Gasteiger charge is -2.52. The highest BCUT2D eigenvalue weighted by molar-refractivity contribution is 5.96. The Balaban J connectivity index is 0.000000220. The predicted molar refractivity (Wildman–Crippen MR) is 313 cm³/mol. The third-order valence-corrected chi connectivity index (χ3v) is 17.1. The molecule has 0 spiro atoms. The molecule has 448 valence electrons. The highest BCUT2D eigenvalue weighted by Crippen LogP contribution is 2.37. The lowest BCUT2D eigenvalue weighted by atomic mass is 9.86. The number of aryl methyl sites for hydroxylation is 2. The Kier molecular flexibility index (Phi) is 21.0. The van der Waals surface area contributed by atoms with Gasteiger partial charge in [0, 0.05) is 114 Å². The van der Waals surface area contributed by atoms with Gasteiger partial charge >= 0.3 is 6.18 Å². The van der Waals surface area contributed by atoms with Gasteiger partial charge in [-0.05, 0) is 120 Å². The third kappa shape index (κ3) is 16.4. The fourth-order valence-electron chi connectivity index (χ4n) is 12.5. The maximum Gasteiger partial charge on any atom is 0.416 e. The molecule has 4 N–H and O–H groups in total. The number of nitrogens with zero attached hydrogens (tertiary/aromatic N) is 8. The Labute approximate surface area is 487 Å². The van der Waals surface area contributed by atoms with Crippen LogP contribution in [0.3, 0.4) is 0 Å². The number of pyridine rings is 1. The summed E-state index contributed by atoms with van der Waals surface area (Å²) in [5.74, 6) is -0.782. The molecule has 3 aromatic carbocycles. The van der Waals surface area contributed by atoms with E-state index in [9.17, 15) is 37.8 Å². The van der Waals surface area contributed by atoms with Crippen LogP contribution in [0.1, 0.15) is 121 Å². The molecule has 3 aliphatic heterocycles. The molecule has 5 heterocycles. The number of hydrogen-bond donors (Lipinski definition) is 4. The number of piperazine rings is 2. The molecule has 9 rings (SSSR count). The highest BCUT2D eigenvalue weighted by atomic mass is 19.4. The summed E-state index contributed by atoms with van der Waals surface area (Å²) in [6, 6.07) is 26.1. The second kappa shape index (κ2) is 27.7. The molecule has 0 unspecified atom stereocenters. The fraction of sp³-hybridized carbons (Fsp3) is 0.531. The van der Waals surface area contributed by atoms with Crippen molar-refractivity contribution in [2.45, 2.75) is 141 Å². The predicted octanol–water partition coefficient (Wildman–Crippen LogP) is 7.37. The topological polar surface area (TPSA) is 180 Å². The Hall–Kier alpha value is -6.19. The molecular formula is C64H85F3N10O6. The molecule has 3 saturated heterocycles. The number of rotatable bonds is 17. The molecule has 5 aromatic rings. The van der Waals surface area contributed by atoms with Crippen LogP contribution in [0.5, 0.6) is 0 Å². The minimum Gasteiger partial charge on any atom is -0.392 e. The van der Waals surface area contributed by atoms with Crippen LogP contribution in [0.15, 0.2) is 110 Å². The number of alkyl halides is 3. The van der Waals surface area contributed by atoms with Crippen LogP contribution in [0, 0.1) is 19.8 Å². The lowest BCUT2D eigenvalue weighted by Crippen LogP contribution is -2.62. The number of ether oxygens (including phenoxy) is 1. The number of methoxy groups -OCH3 is 1. The second-order valence-electron chi connectivity index (χ2n) is 24.4. The average Bonchev–Trinajstić information content (AvgIpc) is 3.82. The zero-order valence-electron chi connectivity index (χ0n) is 49.5. The number of likely N-dealkylation sites (tertiary alicyclic amines) is 1. The summed E-state index contributed by atoms with van der Waals surface area (Å²) in [4.78, 5) is 64.3. The van der Waals surface area contributed by atoms with Crippen molar-refractivity contribution in [2.24, 2.45) is 5.92 Å². The van der Waals surface area contributed by atoms with Crippen molar-refractivity contribution in [3.05, 3.63) is 160 Å². The number of benzene rings is 3. The van der Waals surface area contributed by atoms with Crippen LogP contribution in [-0.2, 0) is 39.9 Å². The Morgan fingerprint density at radius 1 is 0.843 bits per heavy atom. The van der Waals surface area contributed by atoms with Gasteiger partial charge in [-0.25, -0.2) is 9.97 Å². The average molecular weight is 1150 g/mol. The normalized spacial score (nSPS) is 21.9. The van der Waals surface area contributed by atoms with Crippen molar-refractivity contribution < 1.29 is 42.5 Å². The van der Waals surface area contributed by atoms with E-state index in [1.807, 2.05) is 112 Å². The number of carbonyl (C=O) groups excluding carboxylic acids is 3. The number of aliphatic hydroxyl groups is 2. The minimum absolute atomic E-state index is 0.000198. The maximum absolute atomic E-state index is 13.8. The Morgan fingerprint density at radius 3 is 2.16 bits per heavy atom. The van der Waals surface area contributed by atoms with Crippen LogP contribution in [0.4, 0.5) is 13.2 Å². The number of hydrogen-bond acceptors (Lipinski definition) is 13. The quantitative estimate of drug-likeness (QED) is 0.0726. The van der Waals surface area contributed by atoms with Crippen molar-refractivity contribution in [3.63, 3.8) is 0 Å². The Bertz CT molecular complexity index is 2900. The van der Waals surface area contributed by atoms with E-state index in [4.69, 9.17) is 4.74 Å². The standard InChI is InChI=1S/C36H47N5O4.C28H38F3N5O2/c1-36(2,3)39-35(45)31-24-40(22-26-12-9-15-37-21-26)16-17-41(31)23-29(42)19-28(18-25-10-5-4-6-11-25)34(44)38-33-30-14-8-7-13-27(30)20-32(33)43;1-19-16-35(14-15-36(19)24(17-38-5)22-6-8-23(9-7-22)28(29,30)31)27(4)10-12-34(13-11-27)26(37)25-20(2)32-18-33-21(25)3/h4-15,21,28-29,31-33,42-43H,16-20,22-24H2,1-3H3,(H,38,44)(H,39,45);6-9,18-19,24H,10-17H2,1-5H3/t28-,29+,31+,32-,33+;19-,24-/m10/s1. The number of amides is 3. The van der Waals surface area contributed by atoms with E-state index in [1.54, 1.807) is 25.4 Å². The Morgan fingerprint density at radius 2 is 1.52 bits per heavy atom. The number of fused-ring (bicyclic) bond motifs is 1. The molecule has 4 aliphatic rings. The zero-order valence-corrected chi connectivity index (χ0v) is 49.5. The molecule has 83 heavy (non-hydrogen) atoms. The van der Waals surface area contributed by atoms with Gasteiger partial charge in [0.2, 0.25) is 11.8 Å². The van der Waals surface area contributed by atoms with Crippen LogP contribution in [-0.4, -0.2) is 175 Å². The smallest absolute Gasteiger partial charge is 0.392 e. The molecule has 0 bridgehead atoms. The van der Waals surface area contributed by atoms with Crippen molar-refractivity contribution in [1.82, 2.24) is 50.1 Å². The van der Waals surface area contributed by atoms with E-state index in [-0.39, 0.29) is 48.3 Å². The summed E-state index contributed by atoms with van der Waals surface area (Å²) in [5, 5.41) is 28.5. The van der Waals surface area contributed by atoms with Gasteiger partial charge in [-0.3, -0.25) is 39.0 Å². The molecule has 3 fully saturated rings. The van der Waals surface area contributed by atoms with Crippen LogP contribution in [0.25, 0.3) is 0 Å². The first-order valence-corrected chi connectivity index (χ1v) is 29.2. The van der Waals surface area contributed by atoms with Crippen molar-refractivity contribution in [2.75, 3.05) is 72.6 Å². The summed E-state index contributed by atoms with van der Waals surface area (Å²) in [6.45, 7) is 21.1. The van der Waals surface area contributed by atoms with Crippen LogP contribution >= 0.6 is 0 Å². The third-order valence-electron chi connectivity index (χ3n) is 17.1. The van der Waals surface area contributed by atoms with Gasteiger partial charge in [-0.2, -0.15) is 13.2 Å². The number of aliphatic hydroxyl groups excluding tert-OH is 2. The lowest BCUT2D eigenvalue weighted by molar-refractivity contribution is -0.137. The van der Waals surface area contributed by atoms with E-state index in [2.05, 4.69) is 59.0 Å². The van der Waals surface area contributed by atoms with Gasteiger partial charge < -0.3 is 30.5 Å². The second-order valence-corrected chi connectivity index (χ2v) is 24.4. The summed E-state index contributed by atoms with van der Waals surface area (Å²) >= 11 is 0. The minimum atomic E-state index is -4.35. The van der Waals surface area contributed by atoms with Gasteiger partial charge in [0.15, 0.2) is 0 Å². The molecule has 3 amide bonds. The largest absolute Gasteiger partial charge is 0.416 e. The van der Waals surface area contributed by atoms with E-state index < -0.39 is 47.5 Å². The molecular weight excluding hydrogens is 1060 g/mol. The van der Waals surface area contributed by atoms with E-state index in [0.29, 0.717) is 69.1 Å². The van der Waals surface area contributed by atoms with Gasteiger partial charge in [0.1, 0.15) is 12.4 Å². The first kappa shape index (κ1) is 62.8. The van der Waals surface area contributed by atoms with Crippen molar-refractivity contribution >= 4 is 17.7 Å². The maximum atomic E-state index is 13.8. The van der Waals surface area contributed by atoms with Gasteiger partial charge in [0.25, 0.3) is 5.91 Å². The van der Waals surface area contributed by atoms with Gasteiger partial charge in [-0.15, -0.1) is 0 Å². The molecule has 16 nitrogen and oxygen atoms in total. The number of piperidine rings is 1. The summed E-state index contributed by atoms with van der Waals surface area (Å²) < 4.78 is 44.7. The van der Waals surface area contributed by atoms with Crippen molar-refractivity contribution in [3.8, 4) is 0 Å². The number of β-amino-alcohol motifs (C(OH)–C–C–N with tert-alkyl or cyclic N) is 1. The van der Waals surface area contributed by atoms with Gasteiger partial charge in [0.05, 0.1) is 53.4 Å². The van der Waals surface area contributed by atoms with Gasteiger partial charge in [-0.1, -0.05) is 72.8 Å². The summed E-state index contributed by atoms with van der Waals surface area (Å²) in [5.41, 5.74) is 5.85.